The summed E-state index contributed by atoms with van der Waals surface area (Å²) in [5.41, 5.74) is 3.06. The van der Waals surface area contributed by atoms with Crippen LogP contribution in [0.2, 0.25) is 0 Å². The number of urea groups is 1. The number of carbonyl (C=O) groups excluding carboxylic acids is 1. The van der Waals surface area contributed by atoms with Gasteiger partial charge in [-0.15, -0.1) is 0 Å². The van der Waals surface area contributed by atoms with E-state index in [9.17, 15) is 9.18 Å². The number of likely N-dealkylation sites (tertiary alicyclic amines) is 2. The van der Waals surface area contributed by atoms with E-state index in [1.807, 2.05) is 23.1 Å². The number of rotatable bonds is 7. The van der Waals surface area contributed by atoms with Crippen molar-refractivity contribution in [3.05, 3.63) is 59.9 Å². The molecule has 4 rings (SSSR count). The number of likely N-dealkylation sites (N-methyl/N-ethyl adjacent to an activating group) is 1. The second kappa shape index (κ2) is 9.79. The Kier molecular flexibility index (Phi) is 6.88. The first kappa shape index (κ1) is 21.8. The quantitative estimate of drug-likeness (QED) is 0.740. The fourth-order valence-corrected chi connectivity index (χ4v) is 4.53. The molecule has 2 aliphatic rings. The molecule has 0 bridgehead atoms. The number of amides is 2. The standard InChI is InChI=1S/C25H33FN4O/c1-28(2)15-11-27-23-10-14-30(25(31)29-12-5-13-29)24(23)17-19-6-3-7-20(16-19)21-8-4-9-22(26)18-21/h3-4,6-9,16,18,23-24,27H,5,10-15,17H2,1-2H3/t23-,24-/m0/s1. The van der Waals surface area contributed by atoms with Crippen molar-refractivity contribution in [1.29, 1.82) is 0 Å². The Bertz CT molecular complexity index is 899. The van der Waals surface area contributed by atoms with E-state index in [1.54, 1.807) is 12.1 Å². The number of hydrogen-bond donors (Lipinski definition) is 1. The largest absolute Gasteiger partial charge is 0.325 e. The number of carbonyl (C=O) groups is 1. The van der Waals surface area contributed by atoms with Gasteiger partial charge in [0, 0.05) is 38.8 Å². The van der Waals surface area contributed by atoms with Gasteiger partial charge >= 0.3 is 6.03 Å². The summed E-state index contributed by atoms with van der Waals surface area (Å²) in [4.78, 5) is 19.3. The van der Waals surface area contributed by atoms with E-state index >= 15 is 0 Å². The van der Waals surface area contributed by atoms with E-state index in [4.69, 9.17) is 0 Å². The van der Waals surface area contributed by atoms with Gasteiger partial charge in [0.1, 0.15) is 5.82 Å². The van der Waals surface area contributed by atoms with Crippen molar-refractivity contribution < 1.29 is 9.18 Å². The van der Waals surface area contributed by atoms with Gasteiger partial charge in [-0.1, -0.05) is 36.4 Å². The fourth-order valence-electron chi connectivity index (χ4n) is 4.53. The maximum Gasteiger partial charge on any atom is 0.320 e. The van der Waals surface area contributed by atoms with Crippen molar-refractivity contribution in [2.24, 2.45) is 0 Å². The lowest BCUT2D eigenvalue weighted by Gasteiger charge is -2.38. The molecule has 5 nitrogen and oxygen atoms in total. The Balaban J connectivity index is 1.52. The first-order chi connectivity index (χ1) is 15.0. The third kappa shape index (κ3) is 5.25. The fraction of sp³-hybridized carbons (Fsp3) is 0.480. The summed E-state index contributed by atoms with van der Waals surface area (Å²) in [5.74, 6) is -0.227. The third-order valence-corrected chi connectivity index (χ3v) is 6.41. The summed E-state index contributed by atoms with van der Waals surface area (Å²) >= 11 is 0. The number of nitrogens with zero attached hydrogens (tertiary/aromatic N) is 3. The molecule has 2 fully saturated rings. The summed E-state index contributed by atoms with van der Waals surface area (Å²) in [6.45, 7) is 4.41. The molecule has 31 heavy (non-hydrogen) atoms. The molecule has 2 saturated heterocycles. The van der Waals surface area contributed by atoms with Crippen molar-refractivity contribution in [2.75, 3.05) is 46.8 Å². The molecule has 2 aromatic rings. The Hall–Kier alpha value is -2.44. The van der Waals surface area contributed by atoms with E-state index in [2.05, 4.69) is 41.3 Å². The minimum absolute atomic E-state index is 0.123. The van der Waals surface area contributed by atoms with Crippen LogP contribution in [0.3, 0.4) is 0 Å². The number of nitrogens with one attached hydrogen (secondary N) is 1. The highest BCUT2D eigenvalue weighted by atomic mass is 19.1. The first-order valence-electron chi connectivity index (χ1n) is 11.3. The van der Waals surface area contributed by atoms with Crippen LogP contribution >= 0.6 is 0 Å². The number of benzene rings is 2. The van der Waals surface area contributed by atoms with Crippen LogP contribution in [0, 0.1) is 5.82 Å². The zero-order chi connectivity index (χ0) is 21.8. The highest BCUT2D eigenvalue weighted by molar-refractivity contribution is 5.76. The molecule has 166 valence electrons. The SMILES string of the molecule is CN(C)CCN[C@H]1CCN(C(=O)N2CCC2)[C@H]1Cc1cccc(-c2cccc(F)c2)c1. The van der Waals surface area contributed by atoms with E-state index < -0.39 is 0 Å². The molecular weight excluding hydrogens is 391 g/mol. The van der Waals surface area contributed by atoms with E-state index in [1.165, 1.54) is 11.6 Å². The van der Waals surface area contributed by atoms with Crippen molar-refractivity contribution in [3.8, 4) is 11.1 Å². The van der Waals surface area contributed by atoms with Crippen LogP contribution in [0.25, 0.3) is 11.1 Å². The minimum Gasteiger partial charge on any atom is -0.325 e. The first-order valence-corrected chi connectivity index (χ1v) is 11.3. The molecule has 0 radical (unpaired) electrons. The van der Waals surface area contributed by atoms with Gasteiger partial charge in [0.25, 0.3) is 0 Å². The predicted molar refractivity (Wildman–Crippen MR) is 123 cm³/mol. The number of halogens is 1. The topological polar surface area (TPSA) is 38.8 Å². The van der Waals surface area contributed by atoms with Crippen LogP contribution < -0.4 is 5.32 Å². The van der Waals surface area contributed by atoms with Gasteiger partial charge in [-0.3, -0.25) is 0 Å². The molecule has 2 heterocycles. The molecule has 2 atom stereocenters. The van der Waals surface area contributed by atoms with Crippen LogP contribution in [-0.2, 0) is 6.42 Å². The summed E-state index contributed by atoms with van der Waals surface area (Å²) in [7, 11) is 4.15. The predicted octanol–water partition coefficient (Wildman–Crippen LogP) is 3.46. The molecule has 2 amide bonds. The maximum atomic E-state index is 13.7. The zero-order valence-corrected chi connectivity index (χ0v) is 18.6. The van der Waals surface area contributed by atoms with E-state index in [0.717, 1.165) is 63.1 Å². The van der Waals surface area contributed by atoms with E-state index in [-0.39, 0.29) is 23.9 Å². The zero-order valence-electron chi connectivity index (χ0n) is 18.6. The lowest BCUT2D eigenvalue weighted by atomic mass is 9.96. The molecule has 2 aliphatic heterocycles. The normalized spacial score (nSPS) is 20.9. The van der Waals surface area contributed by atoms with Gasteiger partial charge in [0.15, 0.2) is 0 Å². The third-order valence-electron chi connectivity index (χ3n) is 6.41. The molecule has 1 N–H and O–H groups in total. The minimum atomic E-state index is -0.227. The Labute approximate surface area is 184 Å². The van der Waals surface area contributed by atoms with Crippen LogP contribution in [-0.4, -0.2) is 79.6 Å². The van der Waals surface area contributed by atoms with Crippen LogP contribution in [0.15, 0.2) is 48.5 Å². The molecule has 0 aromatic heterocycles. The lowest BCUT2D eigenvalue weighted by molar-refractivity contribution is 0.119. The highest BCUT2D eigenvalue weighted by Gasteiger charge is 2.39. The average molecular weight is 425 g/mol. The highest BCUT2D eigenvalue weighted by Crippen LogP contribution is 2.27. The van der Waals surface area contributed by atoms with Crippen LogP contribution in [0.5, 0.6) is 0 Å². The molecular formula is C25H33FN4O. The molecule has 0 saturated carbocycles. The summed E-state index contributed by atoms with van der Waals surface area (Å²) in [6.07, 6.45) is 2.87. The molecule has 0 aliphatic carbocycles. The van der Waals surface area contributed by atoms with Crippen molar-refractivity contribution in [3.63, 3.8) is 0 Å². The van der Waals surface area contributed by atoms with Crippen molar-refractivity contribution in [2.45, 2.75) is 31.3 Å². The van der Waals surface area contributed by atoms with Crippen LogP contribution in [0.4, 0.5) is 9.18 Å². The second-order valence-corrected chi connectivity index (χ2v) is 8.95. The Morgan fingerprint density at radius 3 is 2.52 bits per heavy atom. The monoisotopic (exact) mass is 424 g/mol. The average Bonchev–Trinajstić information content (AvgIpc) is 3.09. The van der Waals surface area contributed by atoms with Gasteiger partial charge in [0.05, 0.1) is 6.04 Å². The molecule has 0 unspecified atom stereocenters. The summed E-state index contributed by atoms with van der Waals surface area (Å²) < 4.78 is 13.7. The van der Waals surface area contributed by atoms with Gasteiger partial charge in [-0.05, 0) is 62.2 Å². The van der Waals surface area contributed by atoms with Crippen molar-refractivity contribution in [1.82, 2.24) is 20.0 Å². The Morgan fingerprint density at radius 2 is 1.84 bits per heavy atom. The van der Waals surface area contributed by atoms with Gasteiger partial charge in [-0.25, -0.2) is 9.18 Å². The van der Waals surface area contributed by atoms with Crippen LogP contribution in [0.1, 0.15) is 18.4 Å². The maximum absolute atomic E-state index is 13.7. The van der Waals surface area contributed by atoms with Crippen molar-refractivity contribution >= 4 is 6.03 Å². The van der Waals surface area contributed by atoms with E-state index in [0.29, 0.717) is 0 Å². The van der Waals surface area contributed by atoms with Gasteiger partial charge in [0.2, 0.25) is 0 Å². The molecule has 0 spiro atoms. The van der Waals surface area contributed by atoms with Gasteiger partial charge < -0.3 is 20.0 Å². The molecule has 6 heteroatoms. The summed E-state index contributed by atoms with van der Waals surface area (Å²) in [5, 5.41) is 3.69. The lowest BCUT2D eigenvalue weighted by Crippen LogP contribution is -2.54. The smallest absolute Gasteiger partial charge is 0.320 e. The Morgan fingerprint density at radius 1 is 1.10 bits per heavy atom. The number of hydrogen-bond acceptors (Lipinski definition) is 3. The summed E-state index contributed by atoms with van der Waals surface area (Å²) in [6, 6.07) is 15.6. The van der Waals surface area contributed by atoms with Gasteiger partial charge in [-0.2, -0.15) is 0 Å². The second-order valence-electron chi connectivity index (χ2n) is 8.95. The molecule has 2 aromatic carbocycles.